The summed E-state index contributed by atoms with van der Waals surface area (Å²) >= 11 is 15.9. The van der Waals surface area contributed by atoms with Gasteiger partial charge in [0.1, 0.15) is 10.9 Å². The molecule has 0 aliphatic carbocycles. The molecule has 2 aromatic rings. The summed E-state index contributed by atoms with van der Waals surface area (Å²) in [7, 11) is 1.51. The average molecular weight is 542 g/mol. The van der Waals surface area contributed by atoms with Crippen molar-refractivity contribution in [3.8, 4) is 11.5 Å². The summed E-state index contributed by atoms with van der Waals surface area (Å²) in [5.74, 6) is -0.924. The molecule has 0 saturated carbocycles. The molecule has 0 radical (unpaired) electrons. The summed E-state index contributed by atoms with van der Waals surface area (Å²) in [5, 5.41) is 11.8. The summed E-state index contributed by atoms with van der Waals surface area (Å²) in [6.07, 6.45) is 1.62. The highest BCUT2D eigenvalue weighted by Gasteiger charge is 2.35. The molecule has 1 atom stereocenters. The molecule has 0 N–H and O–H groups in total. The van der Waals surface area contributed by atoms with E-state index in [0.717, 1.165) is 22.2 Å². The largest absolute Gasteiger partial charge is 0.548 e. The van der Waals surface area contributed by atoms with Crippen molar-refractivity contribution < 1.29 is 24.2 Å². The zero-order valence-electron chi connectivity index (χ0n) is 16.4. The first-order valence-corrected chi connectivity index (χ1v) is 11.3. The molecule has 0 aromatic heterocycles. The van der Waals surface area contributed by atoms with Crippen molar-refractivity contribution in [1.82, 2.24) is 4.90 Å². The van der Waals surface area contributed by atoms with Crippen LogP contribution in [0.25, 0.3) is 6.08 Å². The maximum atomic E-state index is 12.6. The lowest BCUT2D eigenvalue weighted by Gasteiger charge is -2.23. The second-order valence-corrected chi connectivity index (χ2v) is 9.40. The number of nitrogens with zero attached hydrogens (tertiary/aromatic N) is 1. The predicted octanol–water partition coefficient (Wildman–Crippen LogP) is 4.03. The van der Waals surface area contributed by atoms with Crippen molar-refractivity contribution in [2.24, 2.45) is 0 Å². The predicted molar refractivity (Wildman–Crippen MR) is 126 cm³/mol. The van der Waals surface area contributed by atoms with E-state index in [2.05, 4.69) is 15.9 Å². The molecule has 2 aromatic carbocycles. The Morgan fingerprint density at radius 1 is 1.39 bits per heavy atom. The zero-order chi connectivity index (χ0) is 22.7. The number of rotatable bonds is 7. The van der Waals surface area contributed by atoms with Crippen LogP contribution in [0.1, 0.15) is 18.1 Å². The summed E-state index contributed by atoms with van der Waals surface area (Å²) in [4.78, 5) is 25.1. The molecule has 1 aliphatic heterocycles. The fraction of sp³-hybridized carbons (Fsp3) is 0.190. The van der Waals surface area contributed by atoms with Crippen LogP contribution >= 0.6 is 51.5 Å². The summed E-state index contributed by atoms with van der Waals surface area (Å²) in [6.45, 7) is 1.60. The molecule has 0 bridgehead atoms. The second kappa shape index (κ2) is 10.0. The number of methoxy groups -OCH3 is 1. The molecule has 1 aliphatic rings. The Balaban J connectivity index is 1.86. The van der Waals surface area contributed by atoms with Gasteiger partial charge in [0.25, 0.3) is 5.91 Å². The van der Waals surface area contributed by atoms with Crippen molar-refractivity contribution in [3.05, 3.63) is 61.9 Å². The minimum atomic E-state index is -1.37. The Kier molecular flexibility index (Phi) is 7.64. The molecule has 0 unspecified atom stereocenters. The number of amides is 1. The Morgan fingerprint density at radius 2 is 2.10 bits per heavy atom. The number of carboxylic acids is 1. The van der Waals surface area contributed by atoms with Crippen LogP contribution in [-0.2, 0) is 16.2 Å². The summed E-state index contributed by atoms with van der Waals surface area (Å²) in [6, 6.07) is 9.69. The monoisotopic (exact) mass is 540 g/mol. The first kappa shape index (κ1) is 23.6. The van der Waals surface area contributed by atoms with Gasteiger partial charge in [0, 0.05) is 10.6 Å². The van der Waals surface area contributed by atoms with E-state index >= 15 is 0 Å². The number of hydrogen-bond donors (Lipinski definition) is 0. The average Bonchev–Trinajstić information content (AvgIpc) is 3.00. The third-order valence-corrected chi connectivity index (χ3v) is 6.72. The van der Waals surface area contributed by atoms with Gasteiger partial charge in [-0.3, -0.25) is 9.69 Å². The van der Waals surface area contributed by atoms with E-state index in [1.54, 1.807) is 24.3 Å². The SMILES string of the molecule is COc1cc(/C=C2\SC(=S)N([C@H](C)C(=O)[O-])C2=O)cc(Br)c1OCc1ccccc1Cl. The number of benzene rings is 2. The van der Waals surface area contributed by atoms with Gasteiger partial charge in [-0.2, -0.15) is 0 Å². The van der Waals surface area contributed by atoms with E-state index in [4.69, 9.17) is 33.3 Å². The standard InChI is InChI=1S/C21H17BrClNO5S2/c1-11(20(26)27)24-19(25)17(31-21(24)30)9-12-7-14(22)18(16(8-12)28-2)29-10-13-5-3-4-6-15(13)23/h3-9,11H,10H2,1-2H3,(H,26,27)/p-1/b17-9-/t11-/m1/s1. The van der Waals surface area contributed by atoms with Crippen LogP contribution in [0, 0.1) is 0 Å². The van der Waals surface area contributed by atoms with E-state index < -0.39 is 17.9 Å². The summed E-state index contributed by atoms with van der Waals surface area (Å²) in [5.41, 5.74) is 1.48. The Hall–Kier alpha value is -2.07. The van der Waals surface area contributed by atoms with Gasteiger partial charge in [-0.15, -0.1) is 0 Å². The lowest BCUT2D eigenvalue weighted by molar-refractivity contribution is -0.309. The molecule has 31 heavy (non-hydrogen) atoms. The number of ether oxygens (including phenoxy) is 2. The Morgan fingerprint density at radius 3 is 2.74 bits per heavy atom. The van der Waals surface area contributed by atoms with Crippen LogP contribution in [0.3, 0.4) is 0 Å². The van der Waals surface area contributed by atoms with Crippen LogP contribution < -0.4 is 14.6 Å². The van der Waals surface area contributed by atoms with Gasteiger partial charge in [-0.25, -0.2) is 0 Å². The number of halogens is 2. The molecule has 0 spiro atoms. The highest BCUT2D eigenvalue weighted by atomic mass is 79.9. The minimum absolute atomic E-state index is 0.165. The Labute approximate surface area is 202 Å². The van der Waals surface area contributed by atoms with E-state index in [9.17, 15) is 14.7 Å². The number of carbonyl (C=O) groups excluding carboxylic acids is 2. The van der Waals surface area contributed by atoms with Gasteiger partial charge >= 0.3 is 0 Å². The molecule has 3 rings (SSSR count). The lowest BCUT2D eigenvalue weighted by Crippen LogP contribution is -2.48. The highest BCUT2D eigenvalue weighted by molar-refractivity contribution is 9.10. The van der Waals surface area contributed by atoms with Gasteiger partial charge in [-0.1, -0.05) is 53.8 Å². The van der Waals surface area contributed by atoms with E-state index in [1.165, 1.54) is 14.0 Å². The third-order valence-electron chi connectivity index (χ3n) is 4.43. The molecule has 10 heteroatoms. The maximum Gasteiger partial charge on any atom is 0.266 e. The van der Waals surface area contributed by atoms with Crippen LogP contribution in [0.4, 0.5) is 0 Å². The number of hydrogen-bond acceptors (Lipinski definition) is 7. The molecule has 6 nitrogen and oxygen atoms in total. The van der Waals surface area contributed by atoms with Crippen molar-refractivity contribution in [2.45, 2.75) is 19.6 Å². The second-order valence-electron chi connectivity index (χ2n) is 6.46. The van der Waals surface area contributed by atoms with Gasteiger partial charge in [0.15, 0.2) is 11.5 Å². The van der Waals surface area contributed by atoms with Crippen molar-refractivity contribution in [3.63, 3.8) is 0 Å². The quantitative estimate of drug-likeness (QED) is 0.387. The van der Waals surface area contributed by atoms with Gasteiger partial charge in [-0.05, 0) is 52.7 Å². The fourth-order valence-corrected chi connectivity index (χ4v) is 4.98. The Bertz CT molecular complexity index is 1090. The maximum absolute atomic E-state index is 12.6. The molecule has 1 heterocycles. The highest BCUT2D eigenvalue weighted by Crippen LogP contribution is 2.40. The van der Waals surface area contributed by atoms with Gasteiger partial charge < -0.3 is 19.4 Å². The first-order chi connectivity index (χ1) is 14.7. The minimum Gasteiger partial charge on any atom is -0.548 e. The number of carbonyl (C=O) groups is 2. The van der Waals surface area contributed by atoms with Crippen molar-refractivity contribution >= 4 is 73.8 Å². The molecule has 1 saturated heterocycles. The number of aliphatic carboxylic acids is 1. The van der Waals surface area contributed by atoms with E-state index in [0.29, 0.717) is 31.5 Å². The molecule has 1 amide bonds. The fourth-order valence-electron chi connectivity index (χ4n) is 2.80. The summed E-state index contributed by atoms with van der Waals surface area (Å²) < 4.78 is 12.2. The molecular weight excluding hydrogens is 526 g/mol. The molecule has 162 valence electrons. The van der Waals surface area contributed by atoms with Crippen LogP contribution in [0.5, 0.6) is 11.5 Å². The van der Waals surface area contributed by atoms with Crippen LogP contribution in [0.2, 0.25) is 5.02 Å². The molecular formula is C21H16BrClNO5S2-. The van der Waals surface area contributed by atoms with Crippen molar-refractivity contribution in [1.29, 1.82) is 0 Å². The van der Waals surface area contributed by atoms with Crippen LogP contribution in [0.15, 0.2) is 45.8 Å². The number of thiocarbonyl (C=S) groups is 1. The normalized spacial score (nSPS) is 16.0. The smallest absolute Gasteiger partial charge is 0.266 e. The van der Waals surface area contributed by atoms with Gasteiger partial charge in [0.05, 0.1) is 28.5 Å². The van der Waals surface area contributed by atoms with E-state index in [-0.39, 0.29) is 10.9 Å². The van der Waals surface area contributed by atoms with Crippen LogP contribution in [-0.4, -0.2) is 34.2 Å². The zero-order valence-corrected chi connectivity index (χ0v) is 20.4. The van der Waals surface area contributed by atoms with E-state index in [1.807, 2.05) is 18.2 Å². The molecule has 1 fully saturated rings. The van der Waals surface area contributed by atoms with Crippen molar-refractivity contribution in [2.75, 3.05) is 7.11 Å². The number of carboxylic acid groups (broad SMARTS) is 1. The van der Waals surface area contributed by atoms with Gasteiger partial charge in [0.2, 0.25) is 0 Å². The topological polar surface area (TPSA) is 78.9 Å². The number of thioether (sulfide) groups is 1. The first-order valence-electron chi connectivity index (χ1n) is 8.94. The third kappa shape index (κ3) is 5.23. The lowest BCUT2D eigenvalue weighted by atomic mass is 10.1.